The monoisotopic (exact) mass is 947 g/mol. The highest BCUT2D eigenvalue weighted by atomic mass is 35.5. The fourth-order valence-corrected chi connectivity index (χ4v) is 9.14. The van der Waals surface area contributed by atoms with Gasteiger partial charge in [0, 0.05) is 91.1 Å². The molecule has 0 aliphatic carbocycles. The molecule has 1 saturated heterocycles. The number of carbonyl (C=O) groups excluding carboxylic acids is 6. The number of aromatic amines is 1. The number of halogens is 1. The number of H-pyrrole nitrogens is 1. The first-order valence-corrected chi connectivity index (χ1v) is 24.0. The first-order chi connectivity index (χ1) is 32.7. The van der Waals surface area contributed by atoms with E-state index in [0.29, 0.717) is 61.0 Å². The van der Waals surface area contributed by atoms with Crippen LogP contribution < -0.4 is 36.6 Å². The number of nitrogens with two attached hydrogens (primary N) is 1. The predicted octanol–water partition coefficient (Wildman–Crippen LogP) is 6.76. The molecule has 3 heterocycles. The van der Waals surface area contributed by atoms with Crippen molar-refractivity contribution in [3.05, 3.63) is 101 Å². The zero-order valence-corrected chi connectivity index (χ0v) is 39.9. The summed E-state index contributed by atoms with van der Waals surface area (Å²) in [7, 11) is 2.02. The number of fused-ring (bicyclic) bond motifs is 4. The molecule has 360 valence electrons. The van der Waals surface area contributed by atoms with Crippen LogP contribution >= 0.6 is 11.6 Å². The first kappa shape index (κ1) is 49.4. The Morgan fingerprint density at radius 3 is 2.31 bits per heavy atom. The van der Waals surface area contributed by atoms with E-state index in [0.717, 1.165) is 58.7 Å². The standard InChI is InChI=1S/C51H62ClN9O7/c1-5-6-19-54-46(31(2)3)48(64)58-40(12-9-20-55-50(53)66)47(63)56-36-16-14-33(15-17-36)43(62)26-32-13-18-39-34(25-32)27-41(57-39)49(65)61-30-35(29-52)45-38-11-8-7-10-37(38)44(28-42(45)61)68-51(67)60-23-21-59(4)22-24-60/h7-8,10-11,13-18,25,27-28,31,35,40,46,54,57H,5-6,9,12,19-24,26,29-30H2,1-4H3,(H,56,63)(H,58,64)(H3,53,55,66)/t35-,40+,46+/m1/s1. The quantitative estimate of drug-likeness (QED) is 0.0293. The molecule has 16 nitrogen and oxygen atoms in total. The molecular formula is C51H62ClN9O7. The molecule has 17 heteroatoms. The Labute approximate surface area is 401 Å². The van der Waals surface area contributed by atoms with E-state index < -0.39 is 30.1 Å². The molecule has 0 spiro atoms. The average molecular weight is 949 g/mol. The van der Waals surface area contributed by atoms with Crippen molar-refractivity contribution in [3.63, 3.8) is 0 Å². The van der Waals surface area contributed by atoms with Gasteiger partial charge in [-0.1, -0.05) is 57.5 Å². The van der Waals surface area contributed by atoms with Crippen LogP contribution in [-0.2, 0) is 16.0 Å². The Morgan fingerprint density at radius 1 is 0.882 bits per heavy atom. The Kier molecular flexibility index (Phi) is 16.4. The molecule has 7 N–H and O–H groups in total. The van der Waals surface area contributed by atoms with E-state index >= 15 is 0 Å². The summed E-state index contributed by atoms with van der Waals surface area (Å²) < 4.78 is 6.06. The molecule has 1 aromatic heterocycles. The highest BCUT2D eigenvalue weighted by Crippen LogP contribution is 2.46. The number of amides is 6. The molecule has 0 unspecified atom stereocenters. The van der Waals surface area contributed by atoms with Crippen LogP contribution in [0.3, 0.4) is 0 Å². The topological polar surface area (TPSA) is 211 Å². The summed E-state index contributed by atoms with van der Waals surface area (Å²) in [5, 5.41) is 14.0. The number of benzene rings is 4. The summed E-state index contributed by atoms with van der Waals surface area (Å²) in [5.41, 5.74) is 9.51. The van der Waals surface area contributed by atoms with Crippen molar-refractivity contribution < 1.29 is 33.5 Å². The maximum Gasteiger partial charge on any atom is 0.415 e. The zero-order chi connectivity index (χ0) is 48.5. The maximum absolute atomic E-state index is 14.4. The Hall–Kier alpha value is -6.49. The lowest BCUT2D eigenvalue weighted by molar-refractivity contribution is -0.128. The van der Waals surface area contributed by atoms with Crippen molar-refractivity contribution in [1.82, 2.24) is 30.7 Å². The number of primary amides is 1. The lowest BCUT2D eigenvalue weighted by Crippen LogP contribution is -2.53. The molecule has 2 aliphatic heterocycles. The Morgan fingerprint density at radius 2 is 1.62 bits per heavy atom. The second-order valence-corrected chi connectivity index (χ2v) is 18.4. The Bertz CT molecular complexity index is 2640. The van der Waals surface area contributed by atoms with E-state index in [1.807, 2.05) is 63.4 Å². The highest BCUT2D eigenvalue weighted by molar-refractivity contribution is 6.19. The minimum Gasteiger partial charge on any atom is -0.409 e. The summed E-state index contributed by atoms with van der Waals surface area (Å²) in [4.78, 5) is 88.4. The number of aromatic nitrogens is 1. The number of likely N-dealkylation sites (N-methyl/N-ethyl adjacent to an activating group) is 1. The van der Waals surface area contributed by atoms with Gasteiger partial charge in [0.1, 0.15) is 17.5 Å². The summed E-state index contributed by atoms with van der Waals surface area (Å²) in [6.07, 6.45) is 2.20. The molecule has 0 saturated carbocycles. The van der Waals surface area contributed by atoms with E-state index in [4.69, 9.17) is 22.1 Å². The van der Waals surface area contributed by atoms with E-state index in [2.05, 4.69) is 38.1 Å². The summed E-state index contributed by atoms with van der Waals surface area (Å²) in [6, 6.07) is 21.4. The van der Waals surface area contributed by atoms with Crippen molar-refractivity contribution in [2.75, 3.05) is 69.0 Å². The van der Waals surface area contributed by atoms with Crippen LogP contribution in [0.15, 0.2) is 78.9 Å². The lowest BCUT2D eigenvalue weighted by Gasteiger charge is -2.31. The van der Waals surface area contributed by atoms with Crippen LogP contribution in [0.25, 0.3) is 21.7 Å². The summed E-state index contributed by atoms with van der Waals surface area (Å²) >= 11 is 6.56. The largest absolute Gasteiger partial charge is 0.415 e. The van der Waals surface area contributed by atoms with Gasteiger partial charge in [0.2, 0.25) is 11.8 Å². The van der Waals surface area contributed by atoms with Crippen LogP contribution in [0.5, 0.6) is 5.75 Å². The Balaban J connectivity index is 1.02. The number of ketones is 1. The zero-order valence-electron chi connectivity index (χ0n) is 39.2. The molecular weight excluding hydrogens is 886 g/mol. The minimum absolute atomic E-state index is 0.0165. The number of ether oxygens (including phenoxy) is 1. The van der Waals surface area contributed by atoms with Gasteiger partial charge >= 0.3 is 12.1 Å². The van der Waals surface area contributed by atoms with Crippen molar-refractivity contribution in [2.45, 2.75) is 70.9 Å². The van der Waals surface area contributed by atoms with E-state index in [1.54, 1.807) is 46.2 Å². The van der Waals surface area contributed by atoms with Crippen LogP contribution in [0.1, 0.15) is 84.3 Å². The molecule has 3 atom stereocenters. The van der Waals surface area contributed by atoms with E-state index in [-0.39, 0.29) is 54.7 Å². The van der Waals surface area contributed by atoms with Crippen LogP contribution in [0.2, 0.25) is 0 Å². The van der Waals surface area contributed by atoms with Crippen LogP contribution in [-0.4, -0.2) is 121 Å². The third-order valence-corrected chi connectivity index (χ3v) is 13.1. The minimum atomic E-state index is -0.891. The SMILES string of the molecule is CCCCN[C@H](C(=O)N[C@@H](CCCNC(N)=O)C(=O)Nc1ccc(C(=O)Cc2ccc3[nH]c(C(=O)N4C[C@@H](CCl)c5c4cc(OC(=O)N4CCN(C)CC4)c4ccccc54)cc3c2)cc1)C(C)C. The number of hydrogen-bond donors (Lipinski definition) is 6. The summed E-state index contributed by atoms with van der Waals surface area (Å²) in [6.45, 7) is 9.84. The number of unbranched alkanes of at least 4 members (excludes halogenated alkanes) is 1. The average Bonchev–Trinajstić information content (AvgIpc) is 3.93. The molecule has 0 radical (unpaired) electrons. The molecule has 1 fully saturated rings. The number of urea groups is 1. The van der Waals surface area contributed by atoms with Gasteiger partial charge in [-0.15, -0.1) is 11.6 Å². The number of anilines is 2. The number of nitrogens with zero attached hydrogens (tertiary/aromatic N) is 3. The van der Waals surface area contributed by atoms with Gasteiger partial charge in [-0.2, -0.15) is 0 Å². The molecule has 7 rings (SSSR count). The number of piperazine rings is 1. The number of hydrogen-bond acceptors (Lipinski definition) is 9. The summed E-state index contributed by atoms with van der Waals surface area (Å²) in [5.74, 6) is -0.626. The van der Waals surface area contributed by atoms with Crippen molar-refractivity contribution >= 4 is 80.3 Å². The predicted molar refractivity (Wildman–Crippen MR) is 266 cm³/mol. The van der Waals surface area contributed by atoms with Gasteiger partial charge < -0.3 is 51.4 Å². The molecule has 0 bridgehead atoms. The lowest BCUT2D eigenvalue weighted by atomic mass is 9.95. The second kappa shape index (κ2) is 22.5. The van der Waals surface area contributed by atoms with Crippen molar-refractivity contribution in [2.24, 2.45) is 11.7 Å². The van der Waals surface area contributed by atoms with Crippen LogP contribution in [0, 0.1) is 5.92 Å². The number of carbonyl (C=O) groups is 6. The van der Waals surface area contributed by atoms with Crippen molar-refractivity contribution in [1.29, 1.82) is 0 Å². The highest BCUT2D eigenvalue weighted by Gasteiger charge is 2.36. The van der Waals surface area contributed by atoms with Crippen LogP contribution in [0.4, 0.5) is 21.0 Å². The van der Waals surface area contributed by atoms with Gasteiger partial charge in [0.15, 0.2) is 5.78 Å². The maximum atomic E-state index is 14.4. The molecule has 68 heavy (non-hydrogen) atoms. The van der Waals surface area contributed by atoms with Crippen molar-refractivity contribution in [3.8, 4) is 5.75 Å². The van der Waals surface area contributed by atoms with Gasteiger partial charge in [0.05, 0.1) is 11.7 Å². The number of Topliss-reactive ketones (excluding diaryl/α,β-unsaturated/α-hetero) is 1. The molecule has 2 aliphatic rings. The number of rotatable bonds is 19. The second-order valence-electron chi connectivity index (χ2n) is 18.1. The van der Waals surface area contributed by atoms with Gasteiger partial charge in [-0.25, -0.2) is 9.59 Å². The smallest absolute Gasteiger partial charge is 0.409 e. The number of alkyl halides is 1. The molecule has 5 aromatic rings. The van der Waals surface area contributed by atoms with E-state index in [9.17, 15) is 28.8 Å². The van der Waals surface area contributed by atoms with Gasteiger partial charge in [-0.3, -0.25) is 19.2 Å². The first-order valence-electron chi connectivity index (χ1n) is 23.5. The third kappa shape index (κ3) is 11.8. The van der Waals surface area contributed by atoms with Gasteiger partial charge in [-0.05, 0) is 97.8 Å². The molecule has 6 amide bonds. The normalized spacial score (nSPS) is 15.8. The molecule has 4 aromatic carbocycles. The van der Waals surface area contributed by atoms with E-state index in [1.165, 1.54) is 0 Å². The fraction of sp³-hybridized carbons (Fsp3) is 0.412. The number of nitrogens with one attached hydrogen (secondary N) is 5. The van der Waals surface area contributed by atoms with Gasteiger partial charge in [0.25, 0.3) is 5.91 Å². The fourth-order valence-electron chi connectivity index (χ4n) is 8.89. The third-order valence-electron chi connectivity index (χ3n) is 12.7.